The molecule has 1 atom stereocenters. The van der Waals surface area contributed by atoms with Crippen LogP contribution in [0.25, 0.3) is 0 Å². The summed E-state index contributed by atoms with van der Waals surface area (Å²) in [5, 5.41) is 20.1. The van der Waals surface area contributed by atoms with Gasteiger partial charge >= 0.3 is 63.3 Å². The van der Waals surface area contributed by atoms with E-state index < -0.39 is 18.0 Å². The Labute approximate surface area is 225 Å². The number of hydrogen-bond donors (Lipinski definition) is 3. The number of carbonyl (C=O) groups is 3. The Bertz CT molecular complexity index is 445. The van der Waals surface area contributed by atoms with Crippen LogP contribution in [-0.2, 0) is 14.4 Å². The molecule has 0 radical (unpaired) electrons. The molecule has 0 aromatic carbocycles. The predicted octanol–water partition coefficient (Wildman–Crippen LogP) is 5.03. The van der Waals surface area contributed by atoms with Crippen LogP contribution in [0.3, 0.4) is 0 Å². The summed E-state index contributed by atoms with van der Waals surface area (Å²) in [4.78, 5) is 33.4. The Hall–Kier alpha value is 0.0464. The van der Waals surface area contributed by atoms with Crippen LogP contribution in [0.5, 0.6) is 0 Å². The van der Waals surface area contributed by atoms with Crippen LogP contribution in [0.2, 0.25) is 0 Å². The molecular weight excluding hydrogens is 409 g/mol. The summed E-state index contributed by atoms with van der Waals surface area (Å²) in [6.07, 6.45) is 18.8. The third kappa shape index (κ3) is 22.7. The maximum atomic E-state index is 11.8. The molecule has 3 N–H and O–H groups in total. The number of carbonyl (C=O) groups excluding carboxylic acids is 1. The van der Waals surface area contributed by atoms with Crippen LogP contribution in [-0.4, -0.2) is 85.5 Å². The summed E-state index contributed by atoms with van der Waals surface area (Å²) in [5.41, 5.74) is 0. The van der Waals surface area contributed by atoms with E-state index in [9.17, 15) is 14.4 Å². The first-order valence-electron chi connectivity index (χ1n) is 11.7. The average molecular weight is 454 g/mol. The predicted molar refractivity (Wildman–Crippen MR) is 123 cm³/mol. The molecule has 0 aliphatic rings. The minimum atomic E-state index is -1.18. The Morgan fingerprint density at radius 2 is 1.07 bits per heavy atom. The molecule has 7 heteroatoms. The van der Waals surface area contributed by atoms with E-state index in [0.29, 0.717) is 6.42 Å². The number of carboxylic acids is 2. The van der Waals surface area contributed by atoms with Gasteiger partial charge in [-0.15, -0.1) is 0 Å². The normalized spacial score (nSPS) is 11.5. The molecule has 0 spiro atoms. The second-order valence-corrected chi connectivity index (χ2v) is 8.09. The fourth-order valence-corrected chi connectivity index (χ4v) is 3.45. The summed E-state index contributed by atoms with van der Waals surface area (Å²) >= 11 is 0. The van der Waals surface area contributed by atoms with E-state index in [1.807, 2.05) is 0 Å². The molecule has 0 fully saturated rings. The van der Waals surface area contributed by atoms with Crippen LogP contribution in [0.4, 0.5) is 0 Å². The average Bonchev–Trinajstić information content (AvgIpc) is 2.67. The van der Waals surface area contributed by atoms with Gasteiger partial charge in [-0.05, 0) is 12.8 Å². The fourth-order valence-electron chi connectivity index (χ4n) is 3.45. The van der Waals surface area contributed by atoms with Crippen LogP contribution in [0, 0.1) is 0 Å². The molecule has 30 heavy (non-hydrogen) atoms. The van der Waals surface area contributed by atoms with Crippen molar-refractivity contribution in [3.05, 3.63) is 0 Å². The SMILES string of the molecule is CCCCCCCCCCCCCCCCCC(=O)N[C@@H](CCC(=O)O)C(=O)O.[KH]. The minimum absolute atomic E-state index is 0. The summed E-state index contributed by atoms with van der Waals surface area (Å²) < 4.78 is 0. The number of rotatable bonds is 21. The Balaban J connectivity index is 0. The van der Waals surface area contributed by atoms with Crippen LogP contribution in [0.15, 0.2) is 0 Å². The van der Waals surface area contributed by atoms with E-state index in [2.05, 4.69) is 12.2 Å². The monoisotopic (exact) mass is 453 g/mol. The molecule has 0 saturated carbocycles. The van der Waals surface area contributed by atoms with E-state index in [1.54, 1.807) is 0 Å². The standard InChI is InChI=1S/C23H43NO5.K.H/c1-2-3-4-5-6-7-8-9-10-11-12-13-14-15-16-17-21(25)24-20(23(28)29)18-19-22(26)27;;/h20H,2-19H2,1H3,(H,24,25)(H,26,27)(H,28,29);;/t20-;;/m0../s1. The zero-order valence-corrected chi connectivity index (χ0v) is 18.4. The van der Waals surface area contributed by atoms with Crippen molar-refractivity contribution < 1.29 is 24.6 Å². The van der Waals surface area contributed by atoms with Gasteiger partial charge in [0.05, 0.1) is 0 Å². The third-order valence-electron chi connectivity index (χ3n) is 5.29. The number of amides is 1. The van der Waals surface area contributed by atoms with Crippen molar-refractivity contribution in [1.82, 2.24) is 5.32 Å². The van der Waals surface area contributed by atoms with Gasteiger partial charge in [0.2, 0.25) is 5.91 Å². The Morgan fingerprint density at radius 3 is 1.43 bits per heavy atom. The van der Waals surface area contributed by atoms with Gasteiger partial charge in [0, 0.05) is 12.8 Å². The molecule has 0 heterocycles. The first-order valence-corrected chi connectivity index (χ1v) is 11.7. The van der Waals surface area contributed by atoms with Crippen molar-refractivity contribution in [1.29, 1.82) is 0 Å². The van der Waals surface area contributed by atoms with Crippen molar-refractivity contribution >= 4 is 69.2 Å². The van der Waals surface area contributed by atoms with Crippen molar-refractivity contribution in [2.75, 3.05) is 0 Å². The van der Waals surface area contributed by atoms with Crippen LogP contribution in [0.1, 0.15) is 122 Å². The van der Waals surface area contributed by atoms with Gasteiger partial charge in [-0.25, -0.2) is 4.79 Å². The number of nitrogens with one attached hydrogen (secondary N) is 1. The molecule has 0 aromatic rings. The van der Waals surface area contributed by atoms with Crippen molar-refractivity contribution in [3.8, 4) is 0 Å². The molecule has 1 amide bonds. The number of aliphatic carboxylic acids is 2. The van der Waals surface area contributed by atoms with Gasteiger partial charge in [-0.1, -0.05) is 96.8 Å². The van der Waals surface area contributed by atoms with E-state index in [0.717, 1.165) is 19.3 Å². The van der Waals surface area contributed by atoms with Gasteiger partial charge in [0.15, 0.2) is 0 Å². The second kappa shape index (κ2) is 23.7. The zero-order chi connectivity index (χ0) is 21.7. The Kier molecular flexibility index (Phi) is 25.5. The zero-order valence-electron chi connectivity index (χ0n) is 18.4. The van der Waals surface area contributed by atoms with E-state index >= 15 is 0 Å². The van der Waals surface area contributed by atoms with Gasteiger partial charge in [-0.3, -0.25) is 9.59 Å². The second-order valence-electron chi connectivity index (χ2n) is 8.09. The number of hydrogen-bond acceptors (Lipinski definition) is 3. The first kappa shape index (κ1) is 32.2. The summed E-state index contributed by atoms with van der Waals surface area (Å²) in [6.45, 7) is 2.25. The molecule has 0 rings (SSSR count). The Morgan fingerprint density at radius 1 is 0.667 bits per heavy atom. The molecule has 0 aliphatic heterocycles. The van der Waals surface area contributed by atoms with Crippen LogP contribution >= 0.6 is 0 Å². The number of unbranched alkanes of at least 4 members (excludes halogenated alkanes) is 14. The fraction of sp³-hybridized carbons (Fsp3) is 0.870. The molecule has 0 unspecified atom stereocenters. The van der Waals surface area contributed by atoms with Gasteiger partial charge < -0.3 is 15.5 Å². The summed E-state index contributed by atoms with van der Waals surface area (Å²) in [5.74, 6) is -2.55. The quantitative estimate of drug-likeness (QED) is 0.167. The molecule has 0 aliphatic carbocycles. The molecule has 0 saturated heterocycles. The summed E-state index contributed by atoms with van der Waals surface area (Å²) in [6, 6.07) is -1.12. The summed E-state index contributed by atoms with van der Waals surface area (Å²) in [7, 11) is 0. The topological polar surface area (TPSA) is 104 Å². The third-order valence-corrected chi connectivity index (χ3v) is 5.29. The molecule has 0 bridgehead atoms. The van der Waals surface area contributed by atoms with Crippen LogP contribution < -0.4 is 5.32 Å². The van der Waals surface area contributed by atoms with Crippen molar-refractivity contribution in [2.45, 2.75) is 129 Å². The van der Waals surface area contributed by atoms with Gasteiger partial charge in [0.1, 0.15) is 6.04 Å². The molecule has 0 aromatic heterocycles. The molecular formula is C23H44KNO5. The van der Waals surface area contributed by atoms with Crippen molar-refractivity contribution in [2.24, 2.45) is 0 Å². The molecule has 6 nitrogen and oxygen atoms in total. The maximum absolute atomic E-state index is 11.8. The van der Waals surface area contributed by atoms with E-state index in [1.165, 1.54) is 77.0 Å². The van der Waals surface area contributed by atoms with Crippen molar-refractivity contribution in [3.63, 3.8) is 0 Å². The molecule has 172 valence electrons. The van der Waals surface area contributed by atoms with Gasteiger partial charge in [0.25, 0.3) is 0 Å². The van der Waals surface area contributed by atoms with E-state index in [4.69, 9.17) is 10.2 Å². The van der Waals surface area contributed by atoms with Gasteiger partial charge in [-0.2, -0.15) is 0 Å². The number of carboxylic acid groups (broad SMARTS) is 2. The first-order chi connectivity index (χ1) is 14.0. The van der Waals surface area contributed by atoms with E-state index in [-0.39, 0.29) is 70.1 Å².